The molecule has 1 aromatic carbocycles. The van der Waals surface area contributed by atoms with E-state index in [1.165, 1.54) is 15.8 Å². The fourth-order valence-corrected chi connectivity index (χ4v) is 3.31. The zero-order valence-electron chi connectivity index (χ0n) is 16.6. The third-order valence-electron chi connectivity index (χ3n) is 5.29. The highest BCUT2D eigenvalue weighted by atomic mass is 19.1. The number of nitrogens with one attached hydrogen (secondary N) is 1. The van der Waals surface area contributed by atoms with Crippen molar-refractivity contribution in [3.63, 3.8) is 0 Å². The van der Waals surface area contributed by atoms with E-state index in [1.807, 2.05) is 0 Å². The van der Waals surface area contributed by atoms with Crippen molar-refractivity contribution in [2.45, 2.75) is 24.6 Å². The number of aliphatic hydroxyl groups is 1. The van der Waals surface area contributed by atoms with Crippen LogP contribution in [0.1, 0.15) is 28.9 Å². The lowest BCUT2D eigenvalue weighted by Crippen LogP contribution is -2.37. The molecule has 1 aromatic heterocycles. The number of nitrogens with zero attached hydrogens (tertiary/aromatic N) is 3. The lowest BCUT2D eigenvalue weighted by atomic mass is 10.0. The number of likely N-dealkylation sites (N-methyl/N-ethyl adjacent to an activating group) is 1. The minimum absolute atomic E-state index is 0.0852. The van der Waals surface area contributed by atoms with Crippen LogP contribution in [0.3, 0.4) is 0 Å². The molecule has 3 amide bonds. The zero-order chi connectivity index (χ0) is 22.3. The SMILES string of the molecule is CN1CC[C@@](O)(C#Cc2cccc(-n3cc(NC(=O)[C@H]4C[C@H]4F)c(C(N)=O)n3)c2)C1=O. The van der Waals surface area contributed by atoms with Gasteiger partial charge >= 0.3 is 0 Å². The molecule has 1 aliphatic carbocycles. The highest BCUT2D eigenvalue weighted by Gasteiger charge is 2.44. The van der Waals surface area contributed by atoms with Gasteiger partial charge in [-0.1, -0.05) is 17.9 Å². The second kappa shape index (κ2) is 7.52. The molecule has 160 valence electrons. The van der Waals surface area contributed by atoms with Crippen LogP contribution >= 0.6 is 0 Å². The van der Waals surface area contributed by atoms with Gasteiger partial charge in [0.2, 0.25) is 11.5 Å². The first-order valence-electron chi connectivity index (χ1n) is 9.64. The molecule has 0 radical (unpaired) electrons. The lowest BCUT2D eigenvalue weighted by molar-refractivity contribution is -0.137. The molecule has 2 heterocycles. The smallest absolute Gasteiger partial charge is 0.271 e. The molecule has 4 N–H and O–H groups in total. The number of halogens is 1. The van der Waals surface area contributed by atoms with Gasteiger partial charge in [-0.25, -0.2) is 9.07 Å². The van der Waals surface area contributed by atoms with E-state index in [4.69, 9.17) is 5.73 Å². The Balaban J connectivity index is 1.60. The quantitative estimate of drug-likeness (QED) is 0.603. The summed E-state index contributed by atoms with van der Waals surface area (Å²) in [6, 6.07) is 6.71. The highest BCUT2D eigenvalue weighted by Crippen LogP contribution is 2.35. The summed E-state index contributed by atoms with van der Waals surface area (Å²) < 4.78 is 14.5. The summed E-state index contributed by atoms with van der Waals surface area (Å²) in [5.41, 5.74) is 4.58. The van der Waals surface area contributed by atoms with Gasteiger partial charge < -0.3 is 21.1 Å². The number of amides is 3. The Kier molecular flexibility index (Phi) is 4.99. The van der Waals surface area contributed by atoms with E-state index >= 15 is 0 Å². The molecule has 0 spiro atoms. The predicted octanol–water partition coefficient (Wildman–Crippen LogP) is 0.212. The van der Waals surface area contributed by atoms with E-state index in [1.54, 1.807) is 31.3 Å². The van der Waals surface area contributed by atoms with Crippen LogP contribution in [0.25, 0.3) is 5.69 Å². The standard InChI is InChI=1S/C21H20FN5O4/c1-26-8-7-21(31,20(26)30)6-5-12-3-2-4-13(9-12)27-11-16(17(25-27)18(23)28)24-19(29)14-10-15(14)22/h2-4,9,11,14-15,31H,7-8,10H2,1H3,(H2,23,28)(H,24,29)/t14-,15+,21-/m0/s1. The van der Waals surface area contributed by atoms with Crippen molar-refractivity contribution in [2.24, 2.45) is 11.7 Å². The molecule has 3 atom stereocenters. The van der Waals surface area contributed by atoms with Crippen LogP contribution in [-0.2, 0) is 9.59 Å². The van der Waals surface area contributed by atoms with Gasteiger partial charge in [0.05, 0.1) is 23.5 Å². The highest BCUT2D eigenvalue weighted by molar-refractivity contribution is 6.02. The van der Waals surface area contributed by atoms with E-state index in [9.17, 15) is 23.9 Å². The van der Waals surface area contributed by atoms with Crippen LogP contribution in [0.15, 0.2) is 30.5 Å². The van der Waals surface area contributed by atoms with Gasteiger partial charge in [0.15, 0.2) is 5.69 Å². The van der Waals surface area contributed by atoms with Crippen molar-refractivity contribution >= 4 is 23.4 Å². The summed E-state index contributed by atoms with van der Waals surface area (Å²) in [7, 11) is 1.60. The Hall–Kier alpha value is -3.71. The summed E-state index contributed by atoms with van der Waals surface area (Å²) in [4.78, 5) is 37.3. The molecule has 9 nitrogen and oxygen atoms in total. The number of hydrogen-bond donors (Lipinski definition) is 3. The van der Waals surface area contributed by atoms with Crippen molar-refractivity contribution in [3.8, 4) is 17.5 Å². The molecule has 1 saturated carbocycles. The average Bonchev–Trinajstić information content (AvgIpc) is 3.23. The number of likely N-dealkylation sites (tertiary alicyclic amines) is 1. The van der Waals surface area contributed by atoms with Gasteiger partial charge in [-0.15, -0.1) is 0 Å². The number of rotatable bonds is 4. The van der Waals surface area contributed by atoms with Crippen LogP contribution in [0.4, 0.5) is 10.1 Å². The second-order valence-corrected chi connectivity index (χ2v) is 7.68. The molecule has 2 fully saturated rings. The number of carbonyl (C=O) groups is 3. The molecule has 4 rings (SSSR count). The van der Waals surface area contributed by atoms with Crippen LogP contribution in [-0.4, -0.2) is 62.9 Å². The molecule has 2 aliphatic rings. The summed E-state index contributed by atoms with van der Waals surface area (Å²) in [6.45, 7) is 0.422. The Morgan fingerprint density at radius 3 is 2.77 bits per heavy atom. The molecular formula is C21H20FN5O4. The van der Waals surface area contributed by atoms with Crippen LogP contribution in [0.2, 0.25) is 0 Å². The third-order valence-corrected chi connectivity index (χ3v) is 5.29. The van der Waals surface area contributed by atoms with Gasteiger partial charge in [0.1, 0.15) is 6.17 Å². The van der Waals surface area contributed by atoms with E-state index in [0.717, 1.165) is 0 Å². The molecule has 1 aliphatic heterocycles. The number of benzene rings is 1. The van der Waals surface area contributed by atoms with Crippen molar-refractivity contribution < 1.29 is 23.9 Å². The topological polar surface area (TPSA) is 131 Å². The van der Waals surface area contributed by atoms with Crippen LogP contribution in [0.5, 0.6) is 0 Å². The van der Waals surface area contributed by atoms with Gasteiger partial charge in [-0.3, -0.25) is 14.4 Å². The van der Waals surface area contributed by atoms with Crippen molar-refractivity contribution in [1.29, 1.82) is 0 Å². The fourth-order valence-electron chi connectivity index (χ4n) is 3.31. The molecule has 31 heavy (non-hydrogen) atoms. The molecule has 1 saturated heterocycles. The maximum Gasteiger partial charge on any atom is 0.271 e. The number of alkyl halides is 1. The minimum atomic E-state index is -1.72. The summed E-state index contributed by atoms with van der Waals surface area (Å²) in [6.07, 6.45) is 0.601. The molecule has 2 aromatic rings. The second-order valence-electron chi connectivity index (χ2n) is 7.68. The number of aromatic nitrogens is 2. The van der Waals surface area contributed by atoms with Gasteiger partial charge in [0.25, 0.3) is 11.8 Å². The Bertz CT molecular complexity index is 1150. The summed E-state index contributed by atoms with van der Waals surface area (Å²) >= 11 is 0. The number of primary amides is 1. The Morgan fingerprint density at radius 1 is 1.42 bits per heavy atom. The fraction of sp³-hybridized carbons (Fsp3) is 0.333. The first-order valence-corrected chi connectivity index (χ1v) is 9.64. The van der Waals surface area contributed by atoms with E-state index in [2.05, 4.69) is 22.3 Å². The Labute approximate surface area is 177 Å². The molecule has 10 heteroatoms. The maximum absolute atomic E-state index is 13.1. The summed E-state index contributed by atoms with van der Waals surface area (Å²) in [5, 5.41) is 17.1. The molecule has 0 unspecified atom stereocenters. The van der Waals surface area contributed by atoms with E-state index in [0.29, 0.717) is 17.8 Å². The first kappa shape index (κ1) is 20.6. The van der Waals surface area contributed by atoms with Gasteiger partial charge in [-0.05, 0) is 24.6 Å². The van der Waals surface area contributed by atoms with E-state index < -0.39 is 35.4 Å². The van der Waals surface area contributed by atoms with E-state index in [-0.39, 0.29) is 24.2 Å². The number of anilines is 1. The average molecular weight is 425 g/mol. The Morgan fingerprint density at radius 2 is 2.16 bits per heavy atom. The number of hydrogen-bond acceptors (Lipinski definition) is 5. The maximum atomic E-state index is 13.1. The van der Waals surface area contributed by atoms with Gasteiger partial charge in [-0.2, -0.15) is 5.10 Å². The zero-order valence-corrected chi connectivity index (χ0v) is 16.6. The van der Waals surface area contributed by atoms with Crippen LogP contribution in [0, 0.1) is 17.8 Å². The number of nitrogens with two attached hydrogens (primary N) is 1. The minimum Gasteiger partial charge on any atom is -0.369 e. The van der Waals surface area contributed by atoms with Crippen LogP contribution < -0.4 is 11.1 Å². The predicted molar refractivity (Wildman–Crippen MR) is 108 cm³/mol. The lowest BCUT2D eigenvalue weighted by Gasteiger charge is -2.13. The largest absolute Gasteiger partial charge is 0.369 e. The first-order chi connectivity index (χ1) is 14.7. The van der Waals surface area contributed by atoms with Crippen molar-refractivity contribution in [2.75, 3.05) is 18.9 Å². The number of carbonyl (C=O) groups excluding carboxylic acids is 3. The monoisotopic (exact) mass is 425 g/mol. The van der Waals surface area contributed by atoms with Gasteiger partial charge in [0, 0.05) is 25.6 Å². The third kappa shape index (κ3) is 4.00. The van der Waals surface area contributed by atoms with Crippen molar-refractivity contribution in [3.05, 3.63) is 41.7 Å². The summed E-state index contributed by atoms with van der Waals surface area (Å²) in [5.74, 6) is 2.88. The molecular weight excluding hydrogens is 405 g/mol. The normalized spacial score (nSPS) is 24.5. The van der Waals surface area contributed by atoms with Crippen molar-refractivity contribution in [1.82, 2.24) is 14.7 Å². The molecule has 0 bridgehead atoms.